The molecule has 2 N–H and O–H groups in total. The highest BCUT2D eigenvalue weighted by Crippen LogP contribution is 2.22. The van der Waals surface area contributed by atoms with E-state index in [1.54, 1.807) is 11.8 Å². The summed E-state index contributed by atoms with van der Waals surface area (Å²) < 4.78 is 0. The standard InChI is InChI=1S/C12H15ClN2O4S/c13-11-8-9(15(18)19)2-3-10(11)12(17)14-4-7-20-6-1-5-16/h2-3,8,16H,1,4-7H2,(H,14,17). The van der Waals surface area contributed by atoms with E-state index in [0.29, 0.717) is 6.54 Å². The van der Waals surface area contributed by atoms with Crippen LogP contribution in [0.3, 0.4) is 0 Å². The molecule has 0 aliphatic heterocycles. The number of hydrogen-bond acceptors (Lipinski definition) is 5. The van der Waals surface area contributed by atoms with E-state index >= 15 is 0 Å². The Balaban J connectivity index is 2.45. The quantitative estimate of drug-likeness (QED) is 0.435. The summed E-state index contributed by atoms with van der Waals surface area (Å²) in [7, 11) is 0. The van der Waals surface area contributed by atoms with Crippen LogP contribution in [0.1, 0.15) is 16.8 Å². The third-order valence-electron chi connectivity index (χ3n) is 2.39. The van der Waals surface area contributed by atoms with Gasteiger partial charge in [-0.1, -0.05) is 11.6 Å². The number of nitro benzene ring substituents is 1. The molecule has 0 spiro atoms. The van der Waals surface area contributed by atoms with Crippen molar-refractivity contribution in [1.29, 1.82) is 0 Å². The number of halogens is 1. The molecule has 0 fully saturated rings. The Morgan fingerprint density at radius 2 is 2.20 bits per heavy atom. The van der Waals surface area contributed by atoms with Crippen LogP contribution in [0, 0.1) is 10.1 Å². The van der Waals surface area contributed by atoms with Gasteiger partial charge in [-0.2, -0.15) is 11.8 Å². The number of non-ortho nitro benzene ring substituents is 1. The van der Waals surface area contributed by atoms with Gasteiger partial charge in [-0.05, 0) is 18.2 Å². The molecule has 0 aromatic heterocycles. The van der Waals surface area contributed by atoms with E-state index in [1.807, 2.05) is 0 Å². The fourth-order valence-electron chi connectivity index (χ4n) is 1.40. The van der Waals surface area contributed by atoms with E-state index in [1.165, 1.54) is 12.1 Å². The van der Waals surface area contributed by atoms with Crippen LogP contribution in [0.15, 0.2) is 18.2 Å². The van der Waals surface area contributed by atoms with Gasteiger partial charge in [0.05, 0.1) is 15.5 Å². The third-order valence-corrected chi connectivity index (χ3v) is 3.77. The number of benzene rings is 1. The van der Waals surface area contributed by atoms with Crippen LogP contribution in [0.2, 0.25) is 5.02 Å². The summed E-state index contributed by atoms with van der Waals surface area (Å²) in [5.74, 6) is 1.22. The molecule has 0 bridgehead atoms. The fourth-order valence-corrected chi connectivity index (χ4v) is 2.45. The van der Waals surface area contributed by atoms with Crippen molar-refractivity contribution < 1.29 is 14.8 Å². The minimum atomic E-state index is -0.564. The lowest BCUT2D eigenvalue weighted by molar-refractivity contribution is -0.384. The molecule has 6 nitrogen and oxygen atoms in total. The first-order valence-electron chi connectivity index (χ1n) is 5.97. The Morgan fingerprint density at radius 1 is 1.45 bits per heavy atom. The maximum absolute atomic E-state index is 11.8. The summed E-state index contributed by atoms with van der Waals surface area (Å²) in [6.07, 6.45) is 0.729. The maximum Gasteiger partial charge on any atom is 0.270 e. The van der Waals surface area contributed by atoms with Gasteiger partial charge in [-0.3, -0.25) is 14.9 Å². The van der Waals surface area contributed by atoms with Crippen LogP contribution >= 0.6 is 23.4 Å². The van der Waals surface area contributed by atoms with Crippen LogP contribution in [0.25, 0.3) is 0 Å². The SMILES string of the molecule is O=C(NCCSCCCO)c1ccc([N+](=O)[O-])cc1Cl. The summed E-state index contributed by atoms with van der Waals surface area (Å²) in [4.78, 5) is 21.8. The predicted molar refractivity (Wildman–Crippen MR) is 79.5 cm³/mol. The largest absolute Gasteiger partial charge is 0.396 e. The average Bonchev–Trinajstić information content (AvgIpc) is 2.42. The van der Waals surface area contributed by atoms with Crippen LogP contribution in [-0.4, -0.2) is 40.6 Å². The Morgan fingerprint density at radius 3 is 2.80 bits per heavy atom. The van der Waals surface area contributed by atoms with E-state index in [0.717, 1.165) is 24.0 Å². The Labute approximate surface area is 125 Å². The molecule has 20 heavy (non-hydrogen) atoms. The lowest BCUT2D eigenvalue weighted by Crippen LogP contribution is -2.26. The number of aliphatic hydroxyl groups excluding tert-OH is 1. The smallest absolute Gasteiger partial charge is 0.270 e. The molecular formula is C12H15ClN2O4S. The molecule has 0 atom stereocenters. The second-order valence-corrected chi connectivity index (χ2v) is 5.50. The van der Waals surface area contributed by atoms with Crippen molar-refractivity contribution in [3.63, 3.8) is 0 Å². The fraction of sp³-hybridized carbons (Fsp3) is 0.417. The van der Waals surface area contributed by atoms with Crippen LogP contribution < -0.4 is 5.32 Å². The number of hydrogen-bond donors (Lipinski definition) is 2. The molecule has 0 aliphatic rings. The molecule has 0 saturated heterocycles. The predicted octanol–water partition coefficient (Wildman–Crippen LogP) is 2.09. The zero-order valence-electron chi connectivity index (χ0n) is 10.7. The average molecular weight is 319 g/mol. The number of amides is 1. The highest BCUT2D eigenvalue weighted by atomic mass is 35.5. The minimum absolute atomic E-state index is 0.0598. The molecule has 0 radical (unpaired) electrons. The summed E-state index contributed by atoms with van der Waals surface area (Å²) in [5.41, 5.74) is 0.0729. The summed E-state index contributed by atoms with van der Waals surface area (Å²) >= 11 is 7.48. The molecule has 8 heteroatoms. The molecule has 0 saturated carbocycles. The molecule has 1 aromatic carbocycles. The van der Waals surface area contributed by atoms with Gasteiger partial charge < -0.3 is 10.4 Å². The van der Waals surface area contributed by atoms with Gasteiger partial charge in [-0.15, -0.1) is 0 Å². The first-order valence-corrected chi connectivity index (χ1v) is 7.50. The van der Waals surface area contributed by atoms with Crippen molar-refractivity contribution in [3.05, 3.63) is 38.9 Å². The van der Waals surface area contributed by atoms with Gasteiger partial charge >= 0.3 is 0 Å². The molecule has 0 heterocycles. The van der Waals surface area contributed by atoms with Gasteiger partial charge in [0.2, 0.25) is 0 Å². The first kappa shape index (κ1) is 16.7. The second-order valence-electron chi connectivity index (χ2n) is 3.87. The minimum Gasteiger partial charge on any atom is -0.396 e. The molecule has 0 aliphatic carbocycles. The highest BCUT2D eigenvalue weighted by molar-refractivity contribution is 7.99. The van der Waals surface area contributed by atoms with E-state index in [9.17, 15) is 14.9 Å². The maximum atomic E-state index is 11.8. The van der Waals surface area contributed by atoms with Gasteiger partial charge in [0.25, 0.3) is 11.6 Å². The normalized spacial score (nSPS) is 10.3. The van der Waals surface area contributed by atoms with E-state index in [4.69, 9.17) is 16.7 Å². The van der Waals surface area contributed by atoms with E-state index in [-0.39, 0.29) is 28.8 Å². The first-order chi connectivity index (χ1) is 9.56. The van der Waals surface area contributed by atoms with Gasteiger partial charge in [0, 0.05) is 31.0 Å². The molecular weight excluding hydrogens is 304 g/mol. The number of nitrogens with one attached hydrogen (secondary N) is 1. The van der Waals surface area contributed by atoms with Crippen LogP contribution in [-0.2, 0) is 0 Å². The van der Waals surface area contributed by atoms with Crippen molar-refractivity contribution >= 4 is 35.0 Å². The van der Waals surface area contributed by atoms with Crippen molar-refractivity contribution in [1.82, 2.24) is 5.32 Å². The highest BCUT2D eigenvalue weighted by Gasteiger charge is 2.14. The van der Waals surface area contributed by atoms with Gasteiger partial charge in [0.1, 0.15) is 0 Å². The number of thioether (sulfide) groups is 1. The Hall–Kier alpha value is -1.31. The van der Waals surface area contributed by atoms with Crippen molar-refractivity contribution in [3.8, 4) is 0 Å². The number of nitro groups is 1. The number of aliphatic hydroxyl groups is 1. The van der Waals surface area contributed by atoms with Gasteiger partial charge in [-0.25, -0.2) is 0 Å². The van der Waals surface area contributed by atoms with Crippen molar-refractivity contribution in [2.24, 2.45) is 0 Å². The van der Waals surface area contributed by atoms with E-state index in [2.05, 4.69) is 5.32 Å². The van der Waals surface area contributed by atoms with Crippen LogP contribution in [0.5, 0.6) is 0 Å². The van der Waals surface area contributed by atoms with Crippen LogP contribution in [0.4, 0.5) is 5.69 Å². The molecule has 1 aromatic rings. The monoisotopic (exact) mass is 318 g/mol. The summed E-state index contributed by atoms with van der Waals surface area (Å²) in [6.45, 7) is 0.639. The molecule has 1 amide bonds. The third kappa shape index (κ3) is 5.36. The van der Waals surface area contributed by atoms with Gasteiger partial charge in [0.15, 0.2) is 0 Å². The number of nitrogens with zero attached hydrogens (tertiary/aromatic N) is 1. The lowest BCUT2D eigenvalue weighted by Gasteiger charge is -2.06. The topological polar surface area (TPSA) is 92.5 Å². The van der Waals surface area contributed by atoms with Crippen molar-refractivity contribution in [2.75, 3.05) is 24.7 Å². The number of rotatable bonds is 8. The molecule has 110 valence electrons. The van der Waals surface area contributed by atoms with E-state index < -0.39 is 4.92 Å². The lowest BCUT2D eigenvalue weighted by atomic mass is 10.2. The van der Waals surface area contributed by atoms with Crippen molar-refractivity contribution in [2.45, 2.75) is 6.42 Å². The molecule has 1 rings (SSSR count). The summed E-state index contributed by atoms with van der Waals surface area (Å²) in [6, 6.07) is 3.75. The number of carbonyl (C=O) groups is 1. The number of carbonyl (C=O) groups excluding carboxylic acids is 1. The Kier molecular flexibility index (Phi) is 7.35. The zero-order chi connectivity index (χ0) is 15.0. The summed E-state index contributed by atoms with van der Waals surface area (Å²) in [5, 5.41) is 21.9. The zero-order valence-corrected chi connectivity index (χ0v) is 12.2. The second kappa shape index (κ2) is 8.78. The Bertz CT molecular complexity index is 485. The molecule has 0 unspecified atom stereocenters.